The molecule has 3 aromatic rings. The van der Waals surface area contributed by atoms with Gasteiger partial charge in [-0.15, -0.1) is 0 Å². The number of carboxylic acid groups (broad SMARTS) is 1. The van der Waals surface area contributed by atoms with E-state index in [1.165, 1.54) is 0 Å². The molecule has 0 saturated carbocycles. The molecule has 3 rings (SSSR count). The number of aromatic hydroxyl groups is 1. The Morgan fingerprint density at radius 3 is 2.03 bits per heavy atom. The zero-order chi connectivity index (χ0) is 25.6. The van der Waals surface area contributed by atoms with Crippen LogP contribution in [-0.2, 0) is 17.1 Å². The maximum absolute atomic E-state index is 13.3. The Labute approximate surface area is 194 Å². The molecule has 0 saturated heterocycles. The first-order chi connectivity index (χ1) is 15.6. The summed E-state index contributed by atoms with van der Waals surface area (Å²) < 4.78 is 79.4. The number of hydrogen-bond acceptors (Lipinski definition) is 5. The van der Waals surface area contributed by atoms with Crippen LogP contribution in [0.2, 0.25) is 5.02 Å². The number of nitrogens with one attached hydrogen (secondary N) is 1. The van der Waals surface area contributed by atoms with Crippen LogP contribution in [-0.4, -0.2) is 28.6 Å². The summed E-state index contributed by atoms with van der Waals surface area (Å²) >= 11 is 6.29. The number of carbonyl (C=O) groups excluding carboxylic acids is 1. The van der Waals surface area contributed by atoms with Gasteiger partial charge in [-0.25, -0.2) is 0 Å². The van der Waals surface area contributed by atoms with Crippen LogP contribution in [0.4, 0.5) is 26.3 Å². The second kappa shape index (κ2) is 8.80. The Morgan fingerprint density at radius 2 is 1.53 bits per heavy atom. The quantitative estimate of drug-likeness (QED) is 0.409. The fourth-order valence-corrected chi connectivity index (χ4v) is 4.27. The van der Waals surface area contributed by atoms with Crippen molar-refractivity contribution in [2.45, 2.75) is 12.4 Å². The van der Waals surface area contributed by atoms with Gasteiger partial charge in [0.25, 0.3) is 5.91 Å². The first-order valence-electron chi connectivity index (χ1n) is 8.88. The monoisotopic (exact) mass is 525 g/mol. The minimum Gasteiger partial charge on any atom is -0.499 e. The molecule has 3 N–H and O–H groups in total. The average molecular weight is 526 g/mol. The molecule has 0 bridgehead atoms. The standard InChI is InChI=1S/C20H10ClF6NO5S/c21-10-4-11(7-1-8(19(22,23)24)3-9(2-7)20(25,26)27)16-12(5-10)15(31)14(18(33)34-16)17(32)28-6-13(29)30/h1-5,33H,6H2,(H,28,32)(H,29,30). The number of carbonyl (C=O) groups is 2. The zero-order valence-electron chi connectivity index (χ0n) is 16.3. The lowest BCUT2D eigenvalue weighted by Gasteiger charge is -2.16. The van der Waals surface area contributed by atoms with Crippen molar-refractivity contribution in [1.29, 1.82) is 0 Å². The summed E-state index contributed by atoms with van der Waals surface area (Å²) in [5.74, 6) is -2.69. The lowest BCUT2D eigenvalue weighted by atomic mass is 9.98. The first-order valence-corrected chi connectivity index (χ1v) is 10.1. The summed E-state index contributed by atoms with van der Waals surface area (Å²) in [4.78, 5) is 35.6. The molecular weight excluding hydrogens is 516 g/mol. The summed E-state index contributed by atoms with van der Waals surface area (Å²) in [5, 5.41) is 19.2. The highest BCUT2D eigenvalue weighted by Gasteiger charge is 2.37. The SMILES string of the molecule is O=C(O)CNC(=O)c1c(O)sc2c(-c3cc(C(F)(F)F)cc(C(F)(F)F)c3)cc(Cl)cc2c1=O. The van der Waals surface area contributed by atoms with Gasteiger partial charge in [-0.2, -0.15) is 26.3 Å². The number of rotatable bonds is 4. The summed E-state index contributed by atoms with van der Waals surface area (Å²) in [6.45, 7) is -0.883. The Hall–Kier alpha value is -3.32. The van der Waals surface area contributed by atoms with Crippen LogP contribution in [0.1, 0.15) is 21.5 Å². The smallest absolute Gasteiger partial charge is 0.416 e. The minimum absolute atomic E-state index is 0.0684. The minimum atomic E-state index is -5.13. The van der Waals surface area contributed by atoms with E-state index in [0.717, 1.165) is 12.1 Å². The van der Waals surface area contributed by atoms with Gasteiger partial charge in [0.15, 0.2) is 5.06 Å². The molecule has 1 aromatic heterocycles. The molecule has 0 radical (unpaired) electrons. The van der Waals surface area contributed by atoms with E-state index >= 15 is 0 Å². The molecule has 0 aliphatic rings. The lowest BCUT2D eigenvalue weighted by molar-refractivity contribution is -0.143. The van der Waals surface area contributed by atoms with Gasteiger partial charge in [-0.1, -0.05) is 22.9 Å². The molecule has 1 heterocycles. The van der Waals surface area contributed by atoms with Crippen molar-refractivity contribution < 1.29 is 46.1 Å². The van der Waals surface area contributed by atoms with Gasteiger partial charge in [-0.3, -0.25) is 14.4 Å². The van der Waals surface area contributed by atoms with E-state index in [-0.39, 0.29) is 26.7 Å². The molecule has 0 fully saturated rings. The fraction of sp³-hybridized carbons (Fsp3) is 0.150. The van der Waals surface area contributed by atoms with Crippen LogP contribution in [0.25, 0.3) is 21.2 Å². The first kappa shape index (κ1) is 25.3. The predicted molar refractivity (Wildman–Crippen MR) is 110 cm³/mol. The average Bonchev–Trinajstić information content (AvgIpc) is 2.71. The summed E-state index contributed by atoms with van der Waals surface area (Å²) in [7, 11) is 0. The van der Waals surface area contributed by atoms with Crippen LogP contribution in [0, 0.1) is 0 Å². The molecule has 0 atom stereocenters. The Morgan fingerprint density at radius 1 is 0.971 bits per heavy atom. The summed E-state index contributed by atoms with van der Waals surface area (Å²) in [6, 6.07) is 2.83. The second-order valence-corrected chi connectivity index (χ2v) is 8.25. The third kappa shape index (κ3) is 5.09. The number of benzene rings is 2. The number of hydrogen-bond donors (Lipinski definition) is 3. The molecule has 0 aliphatic carbocycles. The van der Waals surface area contributed by atoms with E-state index in [2.05, 4.69) is 0 Å². The van der Waals surface area contributed by atoms with Crippen LogP contribution >= 0.6 is 22.9 Å². The Kier molecular flexibility index (Phi) is 6.55. The van der Waals surface area contributed by atoms with Crippen molar-refractivity contribution >= 4 is 44.9 Å². The third-order valence-electron chi connectivity index (χ3n) is 4.46. The van der Waals surface area contributed by atoms with Crippen molar-refractivity contribution in [1.82, 2.24) is 5.32 Å². The molecule has 2 aromatic carbocycles. The number of carboxylic acids is 1. The normalized spacial score (nSPS) is 12.1. The van der Waals surface area contributed by atoms with Crippen LogP contribution in [0.5, 0.6) is 5.06 Å². The number of aliphatic carboxylic acids is 1. The van der Waals surface area contributed by atoms with Gasteiger partial charge in [0.05, 0.1) is 11.1 Å². The highest BCUT2D eigenvalue weighted by atomic mass is 35.5. The Bertz CT molecular complexity index is 1350. The van der Waals surface area contributed by atoms with Crippen molar-refractivity contribution in [2.24, 2.45) is 0 Å². The molecule has 6 nitrogen and oxygen atoms in total. The van der Waals surface area contributed by atoms with Gasteiger partial charge in [0.2, 0.25) is 5.43 Å². The second-order valence-electron chi connectivity index (χ2n) is 6.81. The van der Waals surface area contributed by atoms with E-state index in [1.807, 2.05) is 5.32 Å². The maximum atomic E-state index is 13.3. The number of alkyl halides is 6. The maximum Gasteiger partial charge on any atom is 0.416 e. The largest absolute Gasteiger partial charge is 0.499 e. The van der Waals surface area contributed by atoms with E-state index in [4.69, 9.17) is 16.7 Å². The number of amides is 1. The molecule has 1 amide bonds. The van der Waals surface area contributed by atoms with E-state index in [9.17, 15) is 45.8 Å². The molecular formula is C20H10ClF6NO5S. The third-order valence-corrected chi connectivity index (χ3v) is 5.72. The van der Waals surface area contributed by atoms with Gasteiger partial charge in [0, 0.05) is 20.7 Å². The molecule has 0 unspecified atom stereocenters. The van der Waals surface area contributed by atoms with E-state index < -0.39 is 63.5 Å². The molecule has 0 aliphatic heterocycles. The van der Waals surface area contributed by atoms with Gasteiger partial charge in [0.1, 0.15) is 12.1 Å². The van der Waals surface area contributed by atoms with Crippen LogP contribution in [0.3, 0.4) is 0 Å². The lowest BCUT2D eigenvalue weighted by Crippen LogP contribution is -2.32. The van der Waals surface area contributed by atoms with Gasteiger partial charge < -0.3 is 15.5 Å². The highest BCUT2D eigenvalue weighted by molar-refractivity contribution is 7.20. The number of fused-ring (bicyclic) bond motifs is 1. The van der Waals surface area contributed by atoms with E-state index in [0.29, 0.717) is 23.5 Å². The fourth-order valence-electron chi connectivity index (χ4n) is 3.02. The van der Waals surface area contributed by atoms with E-state index in [1.54, 1.807) is 0 Å². The molecule has 14 heteroatoms. The molecule has 0 spiro atoms. The molecule has 180 valence electrons. The molecule has 34 heavy (non-hydrogen) atoms. The van der Waals surface area contributed by atoms with Crippen LogP contribution in [0.15, 0.2) is 35.1 Å². The number of halogens is 7. The summed E-state index contributed by atoms with van der Waals surface area (Å²) in [5.41, 5.74) is -6.13. The van der Waals surface area contributed by atoms with Crippen molar-refractivity contribution in [3.63, 3.8) is 0 Å². The highest BCUT2D eigenvalue weighted by Crippen LogP contribution is 2.42. The Balaban J connectivity index is 2.33. The van der Waals surface area contributed by atoms with Gasteiger partial charge >= 0.3 is 18.3 Å². The zero-order valence-corrected chi connectivity index (χ0v) is 17.8. The van der Waals surface area contributed by atoms with Crippen molar-refractivity contribution in [2.75, 3.05) is 6.54 Å². The van der Waals surface area contributed by atoms with Crippen LogP contribution < -0.4 is 10.7 Å². The predicted octanol–water partition coefficient (Wildman–Crippen LogP) is 5.14. The van der Waals surface area contributed by atoms with Crippen molar-refractivity contribution in [3.8, 4) is 16.2 Å². The summed E-state index contributed by atoms with van der Waals surface area (Å²) in [6.07, 6.45) is -10.3. The van der Waals surface area contributed by atoms with Crippen molar-refractivity contribution in [3.05, 3.63) is 62.3 Å². The van der Waals surface area contributed by atoms with Gasteiger partial charge in [-0.05, 0) is 35.9 Å². The topological polar surface area (TPSA) is 104 Å².